The maximum absolute atomic E-state index is 14.2. The summed E-state index contributed by atoms with van der Waals surface area (Å²) in [5.74, 6) is -1.00. The molecule has 12 nitrogen and oxygen atoms in total. The predicted molar refractivity (Wildman–Crippen MR) is 166 cm³/mol. The van der Waals surface area contributed by atoms with Gasteiger partial charge in [-0.15, -0.1) is 21.5 Å². The number of hydrogen-bond acceptors (Lipinski definition) is 11. The fraction of sp³-hybridized carbons (Fsp3) is 0.267. The van der Waals surface area contributed by atoms with Crippen LogP contribution in [0.25, 0.3) is 21.3 Å². The molecule has 0 unspecified atom stereocenters. The Balaban J connectivity index is 1.25. The fourth-order valence-corrected chi connectivity index (χ4v) is 8.60. The van der Waals surface area contributed by atoms with Gasteiger partial charge in [0.1, 0.15) is 17.1 Å². The average Bonchev–Trinajstić information content (AvgIpc) is 3.65. The van der Waals surface area contributed by atoms with Crippen molar-refractivity contribution in [1.29, 1.82) is 0 Å². The lowest BCUT2D eigenvalue weighted by atomic mass is 10.1. The van der Waals surface area contributed by atoms with E-state index in [4.69, 9.17) is 13.7 Å². The van der Waals surface area contributed by atoms with E-state index in [0.717, 1.165) is 11.1 Å². The first kappa shape index (κ1) is 30.8. The summed E-state index contributed by atoms with van der Waals surface area (Å²) >= 11 is 1.27. The number of thiazole rings is 1. The average molecular weight is 669 g/mol. The maximum atomic E-state index is 14.2. The van der Waals surface area contributed by atoms with Gasteiger partial charge in [0.25, 0.3) is 10.1 Å². The molecule has 0 atom stereocenters. The number of amides is 1. The van der Waals surface area contributed by atoms with Crippen molar-refractivity contribution in [2.45, 2.75) is 41.8 Å². The highest BCUT2D eigenvalue weighted by molar-refractivity contribution is 7.92. The molecular formula is C30H28N4O8S3. The third kappa shape index (κ3) is 7.22. The summed E-state index contributed by atoms with van der Waals surface area (Å²) in [6.45, 7) is 0.620. The van der Waals surface area contributed by atoms with Crippen molar-refractivity contribution in [2.75, 3.05) is 13.1 Å². The Morgan fingerprint density at radius 3 is 2.29 bits per heavy atom. The van der Waals surface area contributed by atoms with Crippen LogP contribution in [-0.4, -0.2) is 65.9 Å². The fourth-order valence-electron chi connectivity index (χ4n) is 5.18. The van der Waals surface area contributed by atoms with E-state index in [0.29, 0.717) is 20.8 Å². The molecule has 1 aliphatic rings. The first-order valence-electron chi connectivity index (χ1n) is 14.0. The van der Waals surface area contributed by atoms with Crippen molar-refractivity contribution in [2.24, 2.45) is 0 Å². The van der Waals surface area contributed by atoms with Crippen molar-refractivity contribution in [1.82, 2.24) is 20.1 Å². The van der Waals surface area contributed by atoms with Gasteiger partial charge in [0.05, 0.1) is 21.3 Å². The van der Waals surface area contributed by atoms with E-state index in [1.54, 1.807) is 6.07 Å². The largest absolute Gasteiger partial charge is 0.445 e. The molecule has 2 aromatic heterocycles. The lowest BCUT2D eigenvalue weighted by Gasteiger charge is -2.31. The zero-order valence-corrected chi connectivity index (χ0v) is 26.2. The van der Waals surface area contributed by atoms with Gasteiger partial charge in [-0.3, -0.25) is 4.55 Å². The number of piperidine rings is 1. The number of aromatic nitrogens is 3. The number of likely N-dealkylation sites (tertiary alicyclic amines) is 1. The van der Waals surface area contributed by atoms with Crippen LogP contribution in [0.4, 0.5) is 4.79 Å². The van der Waals surface area contributed by atoms with E-state index >= 15 is 0 Å². The zero-order chi connectivity index (χ0) is 31.6. The Bertz CT molecular complexity index is 2040. The number of carbonyl (C=O) groups excluding carboxylic acids is 1. The molecule has 1 amide bonds. The Morgan fingerprint density at radius 1 is 0.933 bits per heavy atom. The molecule has 5 aromatic rings. The molecular weight excluding hydrogens is 641 g/mol. The molecule has 0 radical (unpaired) electrons. The van der Waals surface area contributed by atoms with E-state index in [-0.39, 0.29) is 55.6 Å². The molecule has 0 aliphatic carbocycles. The molecule has 234 valence electrons. The molecule has 0 bridgehead atoms. The van der Waals surface area contributed by atoms with Crippen LogP contribution >= 0.6 is 11.3 Å². The first-order chi connectivity index (χ1) is 21.5. The number of hydrogen-bond donors (Lipinski definition) is 1. The van der Waals surface area contributed by atoms with Crippen LogP contribution in [0.15, 0.2) is 82.1 Å². The SMILES string of the molecule is O=C(OCc1ccccc1)N1CCC(S(=O)(=O)c2cc(-c3ccccc3)cc3sc(Cc4nnc(CS(=O)(=O)O)o4)nc23)CC1. The van der Waals surface area contributed by atoms with E-state index in [9.17, 15) is 21.6 Å². The Labute approximate surface area is 263 Å². The molecule has 45 heavy (non-hydrogen) atoms. The zero-order valence-electron chi connectivity index (χ0n) is 23.8. The molecule has 3 aromatic carbocycles. The third-order valence-electron chi connectivity index (χ3n) is 7.38. The van der Waals surface area contributed by atoms with E-state index < -0.39 is 37.1 Å². The van der Waals surface area contributed by atoms with Crippen LogP contribution in [0.5, 0.6) is 0 Å². The van der Waals surface area contributed by atoms with E-state index in [1.165, 1.54) is 16.2 Å². The van der Waals surface area contributed by atoms with Crippen molar-refractivity contribution < 1.29 is 35.3 Å². The van der Waals surface area contributed by atoms with Crippen LogP contribution in [0.3, 0.4) is 0 Å². The van der Waals surface area contributed by atoms with Crippen molar-refractivity contribution >= 4 is 47.6 Å². The van der Waals surface area contributed by atoms with E-state index in [1.807, 2.05) is 66.7 Å². The van der Waals surface area contributed by atoms with Gasteiger partial charge < -0.3 is 14.1 Å². The molecule has 1 aliphatic heterocycles. The minimum Gasteiger partial charge on any atom is -0.445 e. The molecule has 0 spiro atoms. The molecule has 0 saturated carbocycles. The highest BCUT2D eigenvalue weighted by atomic mass is 32.2. The minimum atomic E-state index is -4.35. The number of rotatable bonds is 9. The number of carbonyl (C=O) groups is 1. The van der Waals surface area contributed by atoms with E-state index in [2.05, 4.69) is 15.2 Å². The lowest BCUT2D eigenvalue weighted by Crippen LogP contribution is -2.42. The monoisotopic (exact) mass is 668 g/mol. The van der Waals surface area contributed by atoms with Crippen LogP contribution in [0.2, 0.25) is 0 Å². The normalized spacial score (nSPS) is 14.6. The van der Waals surface area contributed by atoms with Gasteiger partial charge in [-0.25, -0.2) is 18.2 Å². The smallest absolute Gasteiger partial charge is 0.410 e. The summed E-state index contributed by atoms with van der Waals surface area (Å²) in [5, 5.41) is 7.26. The summed E-state index contributed by atoms with van der Waals surface area (Å²) in [5.41, 5.74) is 2.74. The summed E-state index contributed by atoms with van der Waals surface area (Å²) in [4.78, 5) is 19.0. The molecule has 15 heteroatoms. The number of fused-ring (bicyclic) bond motifs is 1. The second-order valence-electron chi connectivity index (χ2n) is 10.6. The van der Waals surface area contributed by atoms with Gasteiger partial charge >= 0.3 is 6.09 Å². The molecule has 1 saturated heterocycles. The number of ether oxygens (including phenoxy) is 1. The second-order valence-corrected chi connectivity index (χ2v) is 15.3. The van der Waals surface area contributed by atoms with Crippen molar-refractivity contribution in [3.63, 3.8) is 0 Å². The lowest BCUT2D eigenvalue weighted by molar-refractivity contribution is 0.0897. The quantitative estimate of drug-likeness (QED) is 0.212. The molecule has 6 rings (SSSR count). The first-order valence-corrected chi connectivity index (χ1v) is 18.0. The topological polar surface area (TPSA) is 170 Å². The Morgan fingerprint density at radius 2 is 1.60 bits per heavy atom. The predicted octanol–water partition coefficient (Wildman–Crippen LogP) is 4.90. The van der Waals surface area contributed by atoms with Gasteiger partial charge in [0.2, 0.25) is 11.8 Å². The van der Waals surface area contributed by atoms with Crippen LogP contribution in [0.1, 0.15) is 35.2 Å². The number of benzene rings is 3. The Hall–Kier alpha value is -4.18. The number of sulfone groups is 1. The van der Waals surface area contributed by atoms with Gasteiger partial charge in [0.15, 0.2) is 15.6 Å². The van der Waals surface area contributed by atoms with Crippen molar-refractivity contribution in [3.8, 4) is 11.1 Å². The molecule has 3 heterocycles. The van der Waals surface area contributed by atoms with Gasteiger partial charge in [0, 0.05) is 13.1 Å². The Kier molecular flexibility index (Phi) is 8.68. The molecule has 1 N–H and O–H groups in total. The van der Waals surface area contributed by atoms with Crippen molar-refractivity contribution in [3.05, 3.63) is 95.1 Å². The minimum absolute atomic E-state index is 0.0431. The molecule has 1 fully saturated rings. The summed E-state index contributed by atoms with van der Waals surface area (Å²) in [6.07, 6.45) is 0.0553. The highest BCUT2D eigenvalue weighted by Gasteiger charge is 2.35. The van der Waals surface area contributed by atoms with Crippen LogP contribution in [0, 0.1) is 0 Å². The number of nitrogens with zero attached hydrogens (tertiary/aromatic N) is 4. The second kappa shape index (κ2) is 12.7. The summed E-state index contributed by atoms with van der Waals surface area (Å²) in [6, 6.07) is 22.3. The van der Waals surface area contributed by atoms with Gasteiger partial charge in [-0.2, -0.15) is 8.42 Å². The van der Waals surface area contributed by atoms with Gasteiger partial charge in [-0.1, -0.05) is 60.7 Å². The summed E-state index contributed by atoms with van der Waals surface area (Å²) in [7, 11) is -8.23. The highest BCUT2D eigenvalue weighted by Crippen LogP contribution is 2.37. The maximum Gasteiger partial charge on any atom is 0.410 e. The third-order valence-corrected chi connectivity index (χ3v) is 11.3. The standard InChI is InChI=1S/C30H28N4O8S3/c35-30(41-18-20-7-3-1-4-8-20)34-13-11-23(12-14-34)45(39,40)25-16-22(21-9-5-2-6-10-21)15-24-29(25)31-28(43-24)17-26-32-33-27(42-26)19-44(36,37)38/h1-10,15-16,23H,11-14,17-19H2,(H,36,37,38). The van der Waals surface area contributed by atoms with Crippen LogP contribution < -0.4 is 0 Å². The van der Waals surface area contributed by atoms with Crippen LogP contribution in [-0.2, 0) is 43.5 Å². The van der Waals surface area contributed by atoms with Gasteiger partial charge in [-0.05, 0) is 41.7 Å². The summed E-state index contributed by atoms with van der Waals surface area (Å²) < 4.78 is 71.2.